The topological polar surface area (TPSA) is 50.1 Å². The monoisotopic (exact) mass is 329 g/mol. The molecule has 4 heteroatoms. The number of benzene rings is 2. The van der Waals surface area contributed by atoms with Crippen LogP contribution in [0.4, 0.5) is 0 Å². The summed E-state index contributed by atoms with van der Waals surface area (Å²) in [7, 11) is 0. The predicted molar refractivity (Wildman–Crippen MR) is 79.9 cm³/mol. The van der Waals surface area contributed by atoms with Gasteiger partial charge in [-0.15, -0.1) is 0 Å². The molecule has 0 saturated heterocycles. The second kappa shape index (κ2) is 6.36. The molecule has 0 saturated carbocycles. The van der Waals surface area contributed by atoms with E-state index in [1.807, 2.05) is 25.1 Å². The van der Waals surface area contributed by atoms with Crippen LogP contribution in [-0.2, 0) is 0 Å². The highest BCUT2D eigenvalue weighted by atomic mass is 79.9. The van der Waals surface area contributed by atoms with Gasteiger partial charge in [-0.05, 0) is 25.1 Å². The molecule has 0 aliphatic carbocycles. The van der Waals surface area contributed by atoms with E-state index in [0.717, 1.165) is 10.0 Å². The van der Waals surface area contributed by atoms with Gasteiger partial charge >= 0.3 is 0 Å². The first-order valence-corrected chi connectivity index (χ1v) is 6.82. The fourth-order valence-electron chi connectivity index (χ4n) is 1.68. The number of carbonyl (C=O) groups excluding carboxylic acids is 1. The lowest BCUT2D eigenvalue weighted by atomic mass is 10.1. The molecule has 0 amide bonds. The number of aryl methyl sites for hydroxylation is 1. The summed E-state index contributed by atoms with van der Waals surface area (Å²) < 4.78 is 6.23. The molecular weight excluding hydrogens is 318 g/mol. The Labute approximate surface area is 125 Å². The molecule has 0 heterocycles. The Morgan fingerprint density at radius 1 is 1.25 bits per heavy atom. The van der Waals surface area contributed by atoms with Crippen LogP contribution in [0.3, 0.4) is 0 Å². The van der Waals surface area contributed by atoms with E-state index in [4.69, 9.17) is 10.00 Å². The first kappa shape index (κ1) is 14.3. The Bertz CT molecular complexity index is 672. The van der Waals surface area contributed by atoms with Crippen LogP contribution >= 0.6 is 15.9 Å². The van der Waals surface area contributed by atoms with Crippen LogP contribution in [-0.4, -0.2) is 12.4 Å². The quantitative estimate of drug-likeness (QED) is 0.799. The summed E-state index contributed by atoms with van der Waals surface area (Å²) in [4.78, 5) is 12.0. The van der Waals surface area contributed by atoms with Crippen molar-refractivity contribution in [2.24, 2.45) is 0 Å². The Morgan fingerprint density at radius 2 is 1.95 bits per heavy atom. The van der Waals surface area contributed by atoms with Crippen molar-refractivity contribution in [1.82, 2.24) is 0 Å². The fraction of sp³-hybridized carbons (Fsp3) is 0.125. The minimum Gasteiger partial charge on any atom is -0.484 e. The van der Waals surface area contributed by atoms with E-state index >= 15 is 0 Å². The number of ketones is 1. The number of nitriles is 1. The molecule has 100 valence electrons. The van der Waals surface area contributed by atoms with Crippen LogP contribution in [0.15, 0.2) is 46.9 Å². The molecular formula is C16H12BrNO2. The van der Waals surface area contributed by atoms with E-state index in [9.17, 15) is 4.79 Å². The minimum absolute atomic E-state index is 0.0840. The number of hydrogen-bond donors (Lipinski definition) is 0. The zero-order valence-electron chi connectivity index (χ0n) is 10.9. The van der Waals surface area contributed by atoms with E-state index in [1.165, 1.54) is 0 Å². The van der Waals surface area contributed by atoms with Crippen LogP contribution in [0.1, 0.15) is 21.5 Å². The van der Waals surface area contributed by atoms with E-state index in [-0.39, 0.29) is 12.4 Å². The van der Waals surface area contributed by atoms with Gasteiger partial charge in [-0.25, -0.2) is 0 Å². The van der Waals surface area contributed by atoms with Crippen LogP contribution in [0.5, 0.6) is 5.75 Å². The summed E-state index contributed by atoms with van der Waals surface area (Å²) in [5.41, 5.74) is 2.10. The van der Waals surface area contributed by atoms with Crippen LogP contribution in [0.25, 0.3) is 0 Å². The molecule has 0 bridgehead atoms. The fourth-order valence-corrected chi connectivity index (χ4v) is 2.04. The maximum atomic E-state index is 12.0. The highest BCUT2D eigenvalue weighted by molar-refractivity contribution is 9.10. The van der Waals surface area contributed by atoms with Crippen molar-refractivity contribution in [3.8, 4) is 11.8 Å². The molecule has 0 unspecified atom stereocenters. The van der Waals surface area contributed by atoms with Gasteiger partial charge in [-0.2, -0.15) is 5.26 Å². The third-order valence-electron chi connectivity index (χ3n) is 2.79. The molecule has 2 aromatic carbocycles. The summed E-state index contributed by atoms with van der Waals surface area (Å²) in [6, 6.07) is 14.4. The molecule has 0 fully saturated rings. The van der Waals surface area contributed by atoms with Gasteiger partial charge in [0, 0.05) is 10.0 Å². The third-order valence-corrected chi connectivity index (χ3v) is 3.29. The average molecular weight is 330 g/mol. The van der Waals surface area contributed by atoms with Gasteiger partial charge in [0.1, 0.15) is 11.8 Å². The molecule has 0 spiro atoms. The second-order valence-corrected chi connectivity index (χ2v) is 5.25. The largest absolute Gasteiger partial charge is 0.484 e. The van der Waals surface area contributed by atoms with E-state index < -0.39 is 0 Å². The molecule has 0 N–H and O–H groups in total. The smallest absolute Gasteiger partial charge is 0.200 e. The highest BCUT2D eigenvalue weighted by Crippen LogP contribution is 2.22. The van der Waals surface area contributed by atoms with Crippen molar-refractivity contribution in [3.63, 3.8) is 0 Å². The minimum atomic E-state index is -0.114. The number of Topliss-reactive ketones (excluding diaryl/α,β-unsaturated/α-hetero) is 1. The molecule has 3 nitrogen and oxygen atoms in total. The SMILES string of the molecule is Cc1ccc(C(=O)COc2ccc(Br)cc2C#N)cc1. The number of carbonyl (C=O) groups is 1. The Kier molecular flexibility index (Phi) is 4.54. The lowest BCUT2D eigenvalue weighted by Gasteiger charge is -2.07. The molecule has 0 radical (unpaired) electrons. The molecule has 2 rings (SSSR count). The summed E-state index contributed by atoms with van der Waals surface area (Å²) in [5, 5.41) is 9.02. The van der Waals surface area contributed by atoms with Crippen molar-refractivity contribution in [2.75, 3.05) is 6.61 Å². The summed E-state index contributed by atoms with van der Waals surface area (Å²) in [6.45, 7) is 1.88. The van der Waals surface area contributed by atoms with Crippen molar-refractivity contribution in [1.29, 1.82) is 5.26 Å². The van der Waals surface area contributed by atoms with Crippen LogP contribution in [0.2, 0.25) is 0 Å². The molecule has 0 aliphatic rings. The normalized spacial score (nSPS) is 9.85. The van der Waals surface area contributed by atoms with Gasteiger partial charge in [0.25, 0.3) is 0 Å². The van der Waals surface area contributed by atoms with Crippen LogP contribution < -0.4 is 4.74 Å². The van der Waals surface area contributed by atoms with Gasteiger partial charge in [-0.1, -0.05) is 45.8 Å². The summed E-state index contributed by atoms with van der Waals surface area (Å²) in [6.07, 6.45) is 0. The first-order chi connectivity index (χ1) is 9.60. The van der Waals surface area contributed by atoms with Crippen molar-refractivity contribution < 1.29 is 9.53 Å². The van der Waals surface area contributed by atoms with Gasteiger partial charge in [0.15, 0.2) is 12.4 Å². The molecule has 20 heavy (non-hydrogen) atoms. The Hall–Kier alpha value is -2.12. The Morgan fingerprint density at radius 3 is 2.60 bits per heavy atom. The molecule has 0 atom stereocenters. The number of nitrogens with zero attached hydrogens (tertiary/aromatic N) is 1. The maximum absolute atomic E-state index is 12.0. The second-order valence-electron chi connectivity index (χ2n) is 4.33. The van der Waals surface area contributed by atoms with Crippen molar-refractivity contribution in [2.45, 2.75) is 6.92 Å². The van der Waals surface area contributed by atoms with E-state index in [1.54, 1.807) is 30.3 Å². The number of halogens is 1. The molecule has 2 aromatic rings. The summed E-state index contributed by atoms with van der Waals surface area (Å²) >= 11 is 3.29. The average Bonchev–Trinajstić information content (AvgIpc) is 2.46. The predicted octanol–water partition coefficient (Wildman–Crippen LogP) is 3.89. The standard InChI is InChI=1S/C16H12BrNO2/c1-11-2-4-12(5-3-11)15(19)10-20-16-7-6-14(17)8-13(16)9-18/h2-8H,10H2,1H3. The number of hydrogen-bond acceptors (Lipinski definition) is 3. The zero-order chi connectivity index (χ0) is 14.5. The van der Waals surface area contributed by atoms with Crippen molar-refractivity contribution in [3.05, 3.63) is 63.6 Å². The van der Waals surface area contributed by atoms with Crippen molar-refractivity contribution >= 4 is 21.7 Å². The van der Waals surface area contributed by atoms with E-state index in [0.29, 0.717) is 16.9 Å². The van der Waals surface area contributed by atoms with E-state index in [2.05, 4.69) is 15.9 Å². The van der Waals surface area contributed by atoms with Crippen LogP contribution in [0, 0.1) is 18.3 Å². The number of ether oxygens (including phenoxy) is 1. The third kappa shape index (κ3) is 3.46. The highest BCUT2D eigenvalue weighted by Gasteiger charge is 2.09. The number of rotatable bonds is 4. The maximum Gasteiger partial charge on any atom is 0.200 e. The van der Waals surface area contributed by atoms with Gasteiger partial charge < -0.3 is 4.74 Å². The lowest BCUT2D eigenvalue weighted by molar-refractivity contribution is 0.0921. The molecule has 0 aliphatic heterocycles. The Balaban J connectivity index is 2.07. The molecule has 0 aromatic heterocycles. The summed E-state index contributed by atoms with van der Waals surface area (Å²) in [5.74, 6) is 0.299. The van der Waals surface area contributed by atoms with Gasteiger partial charge in [0.05, 0.1) is 5.56 Å². The zero-order valence-corrected chi connectivity index (χ0v) is 12.5. The van der Waals surface area contributed by atoms with Gasteiger partial charge in [-0.3, -0.25) is 4.79 Å². The van der Waals surface area contributed by atoms with Gasteiger partial charge in [0.2, 0.25) is 0 Å². The lowest BCUT2D eigenvalue weighted by Crippen LogP contribution is -2.12. The first-order valence-electron chi connectivity index (χ1n) is 6.02.